The molecule has 3 aliphatic rings. The maximum atomic E-state index is 12.5. The van der Waals surface area contributed by atoms with Crippen LogP contribution in [0.5, 0.6) is 0 Å². The summed E-state index contributed by atoms with van der Waals surface area (Å²) in [7, 11) is 2.04. The third-order valence-corrected chi connectivity index (χ3v) is 9.89. The van der Waals surface area contributed by atoms with Crippen molar-refractivity contribution in [1.82, 2.24) is 24.4 Å². The maximum absolute atomic E-state index is 12.5. The van der Waals surface area contributed by atoms with Crippen LogP contribution in [0, 0.1) is 25.2 Å². The van der Waals surface area contributed by atoms with Gasteiger partial charge in [-0.25, -0.2) is 9.50 Å². The van der Waals surface area contributed by atoms with E-state index in [1.54, 1.807) is 4.90 Å². The monoisotopic (exact) mass is 596 g/mol. The number of β-amino-alcohol motifs (C(OH)–C–C–N with tert-alkyl or cyclic N) is 1. The molecule has 0 atom stereocenters. The van der Waals surface area contributed by atoms with Gasteiger partial charge in [0.2, 0.25) is 5.91 Å². The van der Waals surface area contributed by atoms with Gasteiger partial charge in [-0.15, -0.1) is 0 Å². The number of aromatic nitrogens is 3. The molecule has 1 aliphatic carbocycles. The number of anilines is 3. The molecule has 0 unspecified atom stereocenters. The molecule has 4 aromatic rings. The smallest absolute Gasteiger partial charge is 0.236 e. The quantitative estimate of drug-likeness (QED) is 0.343. The average Bonchev–Trinajstić information content (AvgIpc) is 3.64. The van der Waals surface area contributed by atoms with E-state index < -0.39 is 0 Å². The number of hydrogen-bond donors (Lipinski definition) is 1. The molecule has 10 nitrogen and oxygen atoms in total. The van der Waals surface area contributed by atoms with Crippen LogP contribution in [0.15, 0.2) is 36.5 Å². The van der Waals surface area contributed by atoms with E-state index >= 15 is 0 Å². The first-order chi connectivity index (χ1) is 20.8. The van der Waals surface area contributed by atoms with Crippen LogP contribution in [0.25, 0.3) is 16.8 Å². The number of pyridine rings is 1. The lowest BCUT2D eigenvalue weighted by molar-refractivity contribution is -0.142. The third-order valence-electron chi connectivity index (χ3n) is 8.86. The molecule has 43 heavy (non-hydrogen) atoms. The largest absolute Gasteiger partial charge is 0.389 e. The van der Waals surface area contributed by atoms with Gasteiger partial charge in [0, 0.05) is 69.7 Å². The minimum Gasteiger partial charge on any atom is -0.389 e. The van der Waals surface area contributed by atoms with Crippen molar-refractivity contribution in [3.8, 4) is 17.3 Å². The van der Waals surface area contributed by atoms with Gasteiger partial charge < -0.3 is 19.8 Å². The number of aliphatic hydroxyl groups excluding tert-OH is 1. The number of hydrogen-bond acceptors (Lipinski definition) is 9. The summed E-state index contributed by atoms with van der Waals surface area (Å²) in [5.74, 6) is 0.532. The summed E-state index contributed by atoms with van der Waals surface area (Å²) >= 11 is 1.42. The van der Waals surface area contributed by atoms with Crippen molar-refractivity contribution in [3.63, 3.8) is 0 Å². The van der Waals surface area contributed by atoms with E-state index in [9.17, 15) is 15.2 Å². The Morgan fingerprint density at radius 1 is 1.14 bits per heavy atom. The van der Waals surface area contributed by atoms with Crippen molar-refractivity contribution in [1.29, 1.82) is 5.26 Å². The van der Waals surface area contributed by atoms with Gasteiger partial charge >= 0.3 is 0 Å². The highest BCUT2D eigenvalue weighted by atomic mass is 32.1. The Balaban J connectivity index is 1.17. The second kappa shape index (κ2) is 10.9. The predicted octanol–water partition coefficient (Wildman–Crippen LogP) is 3.92. The average molecular weight is 597 g/mol. The molecule has 0 bridgehead atoms. The lowest BCUT2D eigenvalue weighted by Crippen LogP contribution is -2.57. The molecule has 7 rings (SSSR count). The highest BCUT2D eigenvalue weighted by molar-refractivity contribution is 7.16. The molecule has 2 aliphatic heterocycles. The first kappa shape index (κ1) is 27.8. The molecule has 1 amide bonds. The Kier molecular flexibility index (Phi) is 7.08. The van der Waals surface area contributed by atoms with Crippen molar-refractivity contribution in [2.75, 3.05) is 62.7 Å². The number of benzene rings is 1. The van der Waals surface area contributed by atoms with Crippen LogP contribution in [0.1, 0.15) is 40.5 Å². The summed E-state index contributed by atoms with van der Waals surface area (Å²) in [4.78, 5) is 26.6. The fourth-order valence-corrected chi connectivity index (χ4v) is 6.98. The summed E-state index contributed by atoms with van der Waals surface area (Å²) < 4.78 is 2.01. The first-order valence-corrected chi connectivity index (χ1v) is 15.8. The van der Waals surface area contributed by atoms with E-state index in [2.05, 4.69) is 59.0 Å². The number of thiazole rings is 1. The Hall–Kier alpha value is -3.98. The number of nitriles is 1. The van der Waals surface area contributed by atoms with Crippen LogP contribution in [0.4, 0.5) is 16.5 Å². The van der Waals surface area contributed by atoms with Crippen LogP contribution in [0.3, 0.4) is 0 Å². The van der Waals surface area contributed by atoms with Crippen molar-refractivity contribution in [2.24, 2.45) is 0 Å². The number of rotatable bonds is 7. The first-order valence-electron chi connectivity index (χ1n) is 15.0. The zero-order valence-electron chi connectivity index (χ0n) is 24.8. The van der Waals surface area contributed by atoms with E-state index in [0.29, 0.717) is 30.4 Å². The lowest BCUT2D eigenvalue weighted by Gasteiger charge is -2.40. The maximum Gasteiger partial charge on any atom is 0.236 e. The van der Waals surface area contributed by atoms with E-state index in [1.165, 1.54) is 22.6 Å². The number of nitrogens with zero attached hydrogens (tertiary/aromatic N) is 8. The van der Waals surface area contributed by atoms with Gasteiger partial charge in [-0.05, 0) is 38.3 Å². The van der Waals surface area contributed by atoms with E-state index in [4.69, 9.17) is 10.1 Å². The molecule has 222 valence electrons. The van der Waals surface area contributed by atoms with E-state index in [-0.39, 0.29) is 12.0 Å². The summed E-state index contributed by atoms with van der Waals surface area (Å²) in [6.07, 6.45) is 4.01. The molecule has 3 fully saturated rings. The summed E-state index contributed by atoms with van der Waals surface area (Å²) in [6, 6.07) is 12.8. The fraction of sp³-hybridized carbons (Fsp3) is 0.438. The molecule has 3 aromatic heterocycles. The van der Waals surface area contributed by atoms with Gasteiger partial charge in [0.25, 0.3) is 0 Å². The molecular weight excluding hydrogens is 560 g/mol. The molecule has 1 aromatic carbocycles. The zero-order valence-corrected chi connectivity index (χ0v) is 25.6. The Bertz CT molecular complexity index is 1720. The second-order valence-corrected chi connectivity index (χ2v) is 13.1. The van der Waals surface area contributed by atoms with Crippen molar-refractivity contribution in [3.05, 3.63) is 58.2 Å². The summed E-state index contributed by atoms with van der Waals surface area (Å²) in [5.41, 5.74) is 8.35. The van der Waals surface area contributed by atoms with Gasteiger partial charge in [-0.2, -0.15) is 10.4 Å². The summed E-state index contributed by atoms with van der Waals surface area (Å²) in [6.45, 7) is 8.79. The second-order valence-electron chi connectivity index (χ2n) is 12.1. The molecule has 5 heterocycles. The standard InChI is InChI=1S/C32H36N8O2S/c1-20-4-6-22(7-5-20)29-27(15-33)43-32(34-29)36(3)31-26-14-25(21(2)16-40(26)35-30(31)23-8-9-23)38-12-10-37(11-13-38)19-28(42)39-17-24(41)18-39/h4-7,14,16,23-24,41H,8-13,17-19H2,1-3H3. The highest BCUT2D eigenvalue weighted by Crippen LogP contribution is 2.48. The van der Waals surface area contributed by atoms with Crippen molar-refractivity contribution < 1.29 is 9.90 Å². The Morgan fingerprint density at radius 3 is 2.51 bits per heavy atom. The van der Waals surface area contributed by atoms with Crippen molar-refractivity contribution >= 4 is 39.3 Å². The SMILES string of the molecule is Cc1ccc(-c2nc(N(C)c3c(C4CC4)nn4cc(C)c(N5CCN(CC(=O)N6CC(O)C6)CC5)cc34)sc2C#N)cc1. The molecule has 1 N–H and O–H groups in total. The molecule has 1 saturated carbocycles. The number of piperazine rings is 1. The molecule has 0 radical (unpaired) electrons. The van der Waals surface area contributed by atoms with Gasteiger partial charge in [0.1, 0.15) is 16.6 Å². The number of carbonyl (C=O) groups excluding carboxylic acids is 1. The number of aryl methyl sites for hydroxylation is 2. The van der Waals surface area contributed by atoms with Crippen LogP contribution in [-0.4, -0.2) is 94.4 Å². The minimum atomic E-state index is -0.370. The van der Waals surface area contributed by atoms with Crippen LogP contribution in [-0.2, 0) is 4.79 Å². The molecule has 0 spiro atoms. The van der Waals surface area contributed by atoms with Crippen molar-refractivity contribution in [2.45, 2.75) is 38.7 Å². The van der Waals surface area contributed by atoms with E-state index in [0.717, 1.165) is 77.9 Å². The Labute approximate surface area is 255 Å². The lowest BCUT2D eigenvalue weighted by atomic mass is 10.1. The Morgan fingerprint density at radius 2 is 1.86 bits per heavy atom. The number of aliphatic hydroxyl groups is 1. The molecule has 2 saturated heterocycles. The minimum absolute atomic E-state index is 0.100. The normalized spacial score (nSPS) is 17.7. The van der Waals surface area contributed by atoms with Gasteiger partial charge in [-0.3, -0.25) is 9.69 Å². The van der Waals surface area contributed by atoms with Crippen LogP contribution >= 0.6 is 11.3 Å². The highest BCUT2D eigenvalue weighted by Gasteiger charge is 2.34. The fourth-order valence-electron chi connectivity index (χ4n) is 6.13. The zero-order chi connectivity index (χ0) is 29.8. The topological polar surface area (TPSA) is 104 Å². The molecular formula is C32H36N8O2S. The number of fused-ring (bicyclic) bond motifs is 1. The third kappa shape index (κ3) is 5.24. The number of amides is 1. The van der Waals surface area contributed by atoms with Gasteiger partial charge in [0.15, 0.2) is 5.13 Å². The molecule has 11 heteroatoms. The predicted molar refractivity (Wildman–Crippen MR) is 168 cm³/mol. The van der Waals surface area contributed by atoms with Crippen LogP contribution < -0.4 is 9.80 Å². The van der Waals surface area contributed by atoms with E-state index in [1.807, 2.05) is 23.7 Å². The summed E-state index contributed by atoms with van der Waals surface area (Å²) in [5, 5.41) is 25.3. The number of likely N-dealkylation sites (tertiary alicyclic amines) is 1. The number of carbonyl (C=O) groups is 1. The van der Waals surface area contributed by atoms with Crippen LogP contribution in [0.2, 0.25) is 0 Å². The van der Waals surface area contributed by atoms with Gasteiger partial charge in [-0.1, -0.05) is 41.2 Å². The van der Waals surface area contributed by atoms with Gasteiger partial charge in [0.05, 0.1) is 29.5 Å².